The zero-order valence-corrected chi connectivity index (χ0v) is 4.70. The highest BCUT2D eigenvalue weighted by molar-refractivity contribution is 7.34. The van der Waals surface area contributed by atoms with Crippen LogP contribution >= 0.6 is 8.25 Å². The molecule has 0 rings (SSSR count). The summed E-state index contributed by atoms with van der Waals surface area (Å²) >= 11 is 0. The Bertz CT molecular complexity index is 97.0. The number of carbonyl (C=O) groups excluding carboxylic acids is 2. The van der Waals surface area contributed by atoms with Gasteiger partial charge >= 0.3 is 8.25 Å². The van der Waals surface area contributed by atoms with Crippen LogP contribution in [0.25, 0.3) is 0 Å². The summed E-state index contributed by atoms with van der Waals surface area (Å²) in [6, 6.07) is 0. The molecule has 0 aromatic rings. The molecule has 0 unspecified atom stereocenters. The van der Waals surface area contributed by atoms with E-state index in [2.05, 4.69) is 9.05 Å². The average Bonchev–Trinajstić information content (AvgIpc) is 1.68. The first kappa shape index (κ1) is 7.17. The number of hydrogen-bond donors (Lipinski definition) is 0. The highest BCUT2D eigenvalue weighted by atomic mass is 31.1. The maximum absolute atomic E-state index is 9.92. The molecule has 8 heavy (non-hydrogen) atoms. The van der Waals surface area contributed by atoms with Gasteiger partial charge in [-0.25, -0.2) is 4.57 Å². The van der Waals surface area contributed by atoms with Crippen LogP contribution in [0, 0.1) is 0 Å². The van der Waals surface area contributed by atoms with Crippen LogP contribution in [-0.4, -0.2) is 12.9 Å². The van der Waals surface area contributed by atoms with Gasteiger partial charge in [0.1, 0.15) is 0 Å². The predicted octanol–water partition coefficient (Wildman–Crippen LogP) is -0.278. The van der Waals surface area contributed by atoms with E-state index in [0.29, 0.717) is 0 Å². The molecule has 0 atom stereocenters. The summed E-state index contributed by atoms with van der Waals surface area (Å²) in [5.41, 5.74) is 0. The van der Waals surface area contributed by atoms with Gasteiger partial charge in [-0.1, -0.05) is 0 Å². The van der Waals surface area contributed by atoms with Gasteiger partial charge in [0.2, 0.25) is 0 Å². The van der Waals surface area contributed by atoms with E-state index in [1.165, 1.54) is 0 Å². The standard InChI is InChI=1S/C2H3O5P/c3-1-6-8(5)7-2-4/h1-2,8H. The lowest BCUT2D eigenvalue weighted by Crippen LogP contribution is -1.77. The largest absolute Gasteiger partial charge is 0.422 e. The Hall–Kier alpha value is -0.830. The van der Waals surface area contributed by atoms with Crippen LogP contribution in [0.1, 0.15) is 0 Å². The van der Waals surface area contributed by atoms with Gasteiger partial charge in [0.05, 0.1) is 0 Å². The molecule has 46 valence electrons. The first-order chi connectivity index (χ1) is 3.81. The molecule has 0 aliphatic carbocycles. The van der Waals surface area contributed by atoms with E-state index in [-0.39, 0.29) is 12.9 Å². The normalized spacial score (nSPS) is 8.12. The molecule has 0 saturated carbocycles. The van der Waals surface area contributed by atoms with Crippen molar-refractivity contribution in [3.05, 3.63) is 0 Å². The van der Waals surface area contributed by atoms with Gasteiger partial charge in [-0.05, 0) is 0 Å². The lowest BCUT2D eigenvalue weighted by molar-refractivity contribution is -0.123. The van der Waals surface area contributed by atoms with Gasteiger partial charge in [0.25, 0.3) is 12.9 Å². The van der Waals surface area contributed by atoms with Crippen molar-refractivity contribution >= 4 is 21.2 Å². The fourth-order valence-electron chi connectivity index (χ4n) is 0.106. The Morgan fingerprint density at radius 3 is 1.75 bits per heavy atom. The molecule has 0 aliphatic heterocycles. The summed E-state index contributed by atoms with van der Waals surface area (Å²) in [5, 5.41) is 0. The minimum atomic E-state index is -2.88. The Kier molecular flexibility index (Phi) is 3.88. The molecule has 0 aromatic heterocycles. The van der Waals surface area contributed by atoms with Crippen LogP contribution in [0.2, 0.25) is 0 Å². The van der Waals surface area contributed by atoms with Crippen molar-refractivity contribution < 1.29 is 23.2 Å². The van der Waals surface area contributed by atoms with Gasteiger partial charge in [-0.2, -0.15) is 0 Å². The van der Waals surface area contributed by atoms with Gasteiger partial charge in [0, 0.05) is 0 Å². The van der Waals surface area contributed by atoms with Crippen LogP contribution in [-0.2, 0) is 23.2 Å². The summed E-state index contributed by atoms with van der Waals surface area (Å²) in [7, 11) is -2.88. The molecular weight excluding hydrogens is 135 g/mol. The second-order valence-electron chi connectivity index (χ2n) is 0.678. The summed E-state index contributed by atoms with van der Waals surface area (Å²) in [6.07, 6.45) is 0. The molecule has 0 aromatic carbocycles. The first-order valence-corrected chi connectivity index (χ1v) is 2.78. The molecule has 0 saturated heterocycles. The van der Waals surface area contributed by atoms with Crippen LogP contribution in [0.4, 0.5) is 0 Å². The van der Waals surface area contributed by atoms with Crippen LogP contribution in [0.15, 0.2) is 0 Å². The van der Waals surface area contributed by atoms with E-state index in [0.717, 1.165) is 0 Å². The fraction of sp³-hybridized carbons (Fsp3) is 0. The Balaban J connectivity index is 3.32. The SMILES string of the molecule is O=CO[PH](=O)OC=O. The third-order valence-corrected chi connectivity index (χ3v) is 0.866. The van der Waals surface area contributed by atoms with Crippen molar-refractivity contribution in [1.29, 1.82) is 0 Å². The fourth-order valence-corrected chi connectivity index (χ4v) is 0.319. The predicted molar refractivity (Wildman–Crippen MR) is 23.3 cm³/mol. The molecule has 0 fully saturated rings. The van der Waals surface area contributed by atoms with Gasteiger partial charge in [-0.15, -0.1) is 0 Å². The zero-order valence-electron chi connectivity index (χ0n) is 3.70. The maximum Gasteiger partial charge on any atom is 0.422 e. The molecule has 0 N–H and O–H groups in total. The lowest BCUT2D eigenvalue weighted by Gasteiger charge is -1.90. The van der Waals surface area contributed by atoms with E-state index < -0.39 is 8.25 Å². The van der Waals surface area contributed by atoms with E-state index in [1.807, 2.05) is 0 Å². The molecule has 6 heteroatoms. The molecule has 0 bridgehead atoms. The molecule has 0 heterocycles. The second-order valence-corrected chi connectivity index (χ2v) is 1.65. The molecule has 0 amide bonds. The van der Waals surface area contributed by atoms with E-state index in [1.54, 1.807) is 0 Å². The second kappa shape index (κ2) is 4.33. The van der Waals surface area contributed by atoms with Crippen LogP contribution in [0.5, 0.6) is 0 Å². The minimum Gasteiger partial charge on any atom is -0.387 e. The van der Waals surface area contributed by atoms with Crippen molar-refractivity contribution in [1.82, 2.24) is 0 Å². The third-order valence-electron chi connectivity index (χ3n) is 0.289. The Labute approximate surface area is 45.5 Å². The van der Waals surface area contributed by atoms with Gasteiger partial charge in [-0.3, -0.25) is 9.59 Å². The van der Waals surface area contributed by atoms with Gasteiger partial charge in [0.15, 0.2) is 0 Å². The highest BCUT2D eigenvalue weighted by Gasteiger charge is 1.92. The van der Waals surface area contributed by atoms with E-state index >= 15 is 0 Å². The molecule has 0 radical (unpaired) electrons. The van der Waals surface area contributed by atoms with Crippen molar-refractivity contribution in [3.8, 4) is 0 Å². The minimum absolute atomic E-state index is 0.0508. The Morgan fingerprint density at radius 2 is 1.50 bits per heavy atom. The summed E-state index contributed by atoms with van der Waals surface area (Å²) in [4.78, 5) is 18.6. The number of hydrogen-bond acceptors (Lipinski definition) is 5. The number of rotatable bonds is 4. The topological polar surface area (TPSA) is 69.7 Å². The van der Waals surface area contributed by atoms with Crippen molar-refractivity contribution in [3.63, 3.8) is 0 Å². The van der Waals surface area contributed by atoms with Crippen molar-refractivity contribution in [2.24, 2.45) is 0 Å². The lowest BCUT2D eigenvalue weighted by atomic mass is 11.7. The smallest absolute Gasteiger partial charge is 0.387 e. The molecular formula is C2H3O5P. The summed E-state index contributed by atoms with van der Waals surface area (Å²) in [5.74, 6) is 0. The van der Waals surface area contributed by atoms with Gasteiger partial charge < -0.3 is 9.05 Å². The van der Waals surface area contributed by atoms with Crippen LogP contribution in [0.3, 0.4) is 0 Å². The first-order valence-electron chi connectivity index (χ1n) is 1.56. The molecule has 0 aliphatic rings. The Morgan fingerprint density at radius 1 is 1.12 bits per heavy atom. The van der Waals surface area contributed by atoms with Crippen LogP contribution < -0.4 is 0 Å². The highest BCUT2D eigenvalue weighted by Crippen LogP contribution is 2.19. The quantitative estimate of drug-likeness (QED) is 0.394. The average molecular weight is 138 g/mol. The van der Waals surface area contributed by atoms with E-state index in [4.69, 9.17) is 0 Å². The third kappa shape index (κ3) is 3.36. The number of carbonyl (C=O) groups is 2. The molecule has 0 spiro atoms. The summed E-state index contributed by atoms with van der Waals surface area (Å²) < 4.78 is 17.3. The molecule has 5 nitrogen and oxygen atoms in total. The van der Waals surface area contributed by atoms with Crippen molar-refractivity contribution in [2.75, 3.05) is 0 Å². The summed E-state index contributed by atoms with van der Waals surface area (Å²) in [6.45, 7) is -0.102. The van der Waals surface area contributed by atoms with E-state index in [9.17, 15) is 14.2 Å². The zero-order chi connectivity index (χ0) is 6.41. The maximum atomic E-state index is 9.92. The van der Waals surface area contributed by atoms with Crippen molar-refractivity contribution in [2.45, 2.75) is 0 Å². The monoisotopic (exact) mass is 138 g/mol.